The minimum absolute atomic E-state index is 0.0476. The van der Waals surface area contributed by atoms with Gasteiger partial charge in [0.15, 0.2) is 0 Å². The van der Waals surface area contributed by atoms with Crippen molar-refractivity contribution in [3.05, 3.63) is 68.0 Å². The molecule has 1 amide bonds. The fourth-order valence-corrected chi connectivity index (χ4v) is 3.47. The molecule has 9 heteroatoms. The molecule has 0 aliphatic rings. The third-order valence-corrected chi connectivity index (χ3v) is 4.88. The maximum Gasteiger partial charge on any atom is 0.312 e. The Kier molecular flexibility index (Phi) is 5.17. The first kappa shape index (κ1) is 17.9. The van der Waals surface area contributed by atoms with E-state index in [-0.39, 0.29) is 18.1 Å². The van der Waals surface area contributed by atoms with Crippen LogP contribution in [-0.2, 0) is 24.4 Å². The Bertz CT molecular complexity index is 863. The van der Waals surface area contributed by atoms with Crippen LogP contribution in [0.4, 0.5) is 5.69 Å². The van der Waals surface area contributed by atoms with Crippen LogP contribution in [0.2, 0.25) is 0 Å². The molecule has 0 fully saturated rings. The molecule has 0 atom stereocenters. The average molecular weight is 374 g/mol. The predicted molar refractivity (Wildman–Crippen MR) is 95.6 cm³/mol. The lowest BCUT2D eigenvalue weighted by Crippen LogP contribution is -2.33. The third kappa shape index (κ3) is 3.83. The fourth-order valence-electron chi connectivity index (χ4n) is 2.75. The van der Waals surface area contributed by atoms with Crippen LogP contribution >= 0.6 is 11.3 Å². The number of aromatic nitrogens is 2. The first-order chi connectivity index (χ1) is 12.5. The van der Waals surface area contributed by atoms with Gasteiger partial charge < -0.3 is 9.32 Å². The largest absolute Gasteiger partial charge is 0.467 e. The molecular weight excluding hydrogens is 356 g/mol. The summed E-state index contributed by atoms with van der Waals surface area (Å²) in [6.07, 6.45) is 1.56. The highest BCUT2D eigenvalue weighted by Gasteiger charge is 2.24. The van der Waals surface area contributed by atoms with Crippen LogP contribution in [-0.4, -0.2) is 25.5 Å². The molecule has 8 nitrogen and oxygen atoms in total. The van der Waals surface area contributed by atoms with Gasteiger partial charge >= 0.3 is 5.69 Å². The molecule has 3 heterocycles. The predicted octanol–water partition coefficient (Wildman–Crippen LogP) is 3.29. The minimum Gasteiger partial charge on any atom is -0.467 e. The number of nitro groups is 1. The van der Waals surface area contributed by atoms with Crippen molar-refractivity contribution in [1.82, 2.24) is 14.7 Å². The van der Waals surface area contributed by atoms with Gasteiger partial charge in [-0.2, -0.15) is 5.10 Å². The van der Waals surface area contributed by atoms with E-state index in [1.807, 2.05) is 23.6 Å². The summed E-state index contributed by atoms with van der Waals surface area (Å²) in [4.78, 5) is 26.2. The Balaban J connectivity index is 1.81. The van der Waals surface area contributed by atoms with Crippen LogP contribution < -0.4 is 0 Å². The minimum atomic E-state index is -0.467. The van der Waals surface area contributed by atoms with Gasteiger partial charge in [-0.15, -0.1) is 11.3 Å². The molecule has 0 radical (unpaired) electrons. The second kappa shape index (κ2) is 7.52. The highest BCUT2D eigenvalue weighted by molar-refractivity contribution is 7.09. The van der Waals surface area contributed by atoms with Crippen molar-refractivity contribution in [3.8, 4) is 0 Å². The van der Waals surface area contributed by atoms with Gasteiger partial charge in [-0.25, -0.2) is 0 Å². The molecule has 0 N–H and O–H groups in total. The Morgan fingerprint density at radius 1 is 1.35 bits per heavy atom. The van der Waals surface area contributed by atoms with Crippen LogP contribution in [0.5, 0.6) is 0 Å². The monoisotopic (exact) mass is 374 g/mol. The molecule has 0 aliphatic heterocycles. The van der Waals surface area contributed by atoms with E-state index in [2.05, 4.69) is 5.10 Å². The molecule has 0 saturated heterocycles. The van der Waals surface area contributed by atoms with Gasteiger partial charge in [0, 0.05) is 4.88 Å². The summed E-state index contributed by atoms with van der Waals surface area (Å²) >= 11 is 1.56. The summed E-state index contributed by atoms with van der Waals surface area (Å²) < 4.78 is 6.75. The van der Waals surface area contributed by atoms with Crippen LogP contribution in [0.3, 0.4) is 0 Å². The number of rotatable bonds is 7. The summed E-state index contributed by atoms with van der Waals surface area (Å²) in [5.74, 6) is 0.490. The molecule has 3 rings (SSSR count). The topological polar surface area (TPSA) is 94.4 Å². The molecule has 3 aromatic heterocycles. The highest BCUT2D eigenvalue weighted by atomic mass is 32.1. The number of thiophene rings is 1. The fraction of sp³-hybridized carbons (Fsp3) is 0.294. The normalized spacial score (nSPS) is 10.8. The van der Waals surface area contributed by atoms with Crippen molar-refractivity contribution in [2.24, 2.45) is 0 Å². The van der Waals surface area contributed by atoms with E-state index in [9.17, 15) is 14.9 Å². The zero-order chi connectivity index (χ0) is 18.7. The molecule has 0 unspecified atom stereocenters. The lowest BCUT2D eigenvalue weighted by molar-refractivity contribution is -0.386. The van der Waals surface area contributed by atoms with Gasteiger partial charge in [0.2, 0.25) is 5.91 Å². The van der Waals surface area contributed by atoms with E-state index < -0.39 is 4.92 Å². The maximum atomic E-state index is 12.9. The lowest BCUT2D eigenvalue weighted by atomic mass is 10.3. The second-order valence-corrected chi connectivity index (χ2v) is 6.87. The number of aryl methyl sites for hydroxylation is 1. The molecule has 3 aromatic rings. The van der Waals surface area contributed by atoms with E-state index in [1.165, 1.54) is 4.68 Å². The van der Waals surface area contributed by atoms with Gasteiger partial charge in [-0.3, -0.25) is 19.6 Å². The van der Waals surface area contributed by atoms with E-state index in [0.29, 0.717) is 30.2 Å². The standard InChI is InChI=1S/C17H18N4O4S/c1-12-17(21(23)24)13(2)20(18-12)11-16(22)19(9-14-5-3-7-25-14)10-15-6-4-8-26-15/h3-8H,9-11H2,1-2H3. The number of hydrogen-bond acceptors (Lipinski definition) is 6. The van der Waals surface area contributed by atoms with Crippen LogP contribution in [0.25, 0.3) is 0 Å². The van der Waals surface area contributed by atoms with Gasteiger partial charge in [0.25, 0.3) is 0 Å². The molecule has 0 bridgehead atoms. The maximum absolute atomic E-state index is 12.9. The van der Waals surface area contributed by atoms with Gasteiger partial charge in [0.05, 0.1) is 24.3 Å². The smallest absolute Gasteiger partial charge is 0.312 e. The number of carbonyl (C=O) groups is 1. The van der Waals surface area contributed by atoms with Crippen molar-refractivity contribution in [3.63, 3.8) is 0 Å². The molecule has 0 aliphatic carbocycles. The van der Waals surface area contributed by atoms with Crippen LogP contribution in [0.1, 0.15) is 22.0 Å². The average Bonchev–Trinajstić information content (AvgIpc) is 3.30. The molecule has 0 spiro atoms. The quantitative estimate of drug-likeness (QED) is 0.467. The number of furan rings is 1. The molecule has 0 aromatic carbocycles. The van der Waals surface area contributed by atoms with Crippen molar-refractivity contribution in [1.29, 1.82) is 0 Å². The van der Waals surface area contributed by atoms with Gasteiger partial charge in [-0.1, -0.05) is 6.07 Å². The van der Waals surface area contributed by atoms with Crippen molar-refractivity contribution >= 4 is 22.9 Å². The number of amides is 1. The SMILES string of the molecule is Cc1nn(CC(=O)N(Cc2ccco2)Cc2cccs2)c(C)c1[N+](=O)[O-]. The number of carbonyl (C=O) groups excluding carboxylic acids is 1. The molecule has 136 valence electrons. The Labute approximate surface area is 153 Å². The number of hydrogen-bond donors (Lipinski definition) is 0. The van der Waals surface area contributed by atoms with Crippen LogP contribution in [0, 0.1) is 24.0 Å². The zero-order valence-corrected chi connectivity index (χ0v) is 15.2. The second-order valence-electron chi connectivity index (χ2n) is 5.84. The van der Waals surface area contributed by atoms with Crippen molar-refractivity contribution in [2.45, 2.75) is 33.5 Å². The Morgan fingerprint density at radius 2 is 2.15 bits per heavy atom. The molecular formula is C17H18N4O4S. The van der Waals surface area contributed by atoms with Crippen LogP contribution in [0.15, 0.2) is 40.3 Å². The lowest BCUT2D eigenvalue weighted by Gasteiger charge is -2.21. The summed E-state index contributed by atoms with van der Waals surface area (Å²) in [6, 6.07) is 7.47. The third-order valence-electron chi connectivity index (χ3n) is 4.02. The summed E-state index contributed by atoms with van der Waals surface area (Å²) in [5.41, 5.74) is 0.625. The van der Waals surface area contributed by atoms with E-state index >= 15 is 0 Å². The first-order valence-electron chi connectivity index (χ1n) is 7.96. The first-order valence-corrected chi connectivity index (χ1v) is 8.84. The van der Waals surface area contributed by atoms with E-state index in [4.69, 9.17) is 4.42 Å². The zero-order valence-electron chi connectivity index (χ0n) is 14.4. The Hall–Kier alpha value is -2.94. The molecule has 26 heavy (non-hydrogen) atoms. The van der Waals surface area contributed by atoms with Gasteiger partial charge in [-0.05, 0) is 37.4 Å². The molecule has 0 saturated carbocycles. The highest BCUT2D eigenvalue weighted by Crippen LogP contribution is 2.22. The van der Waals surface area contributed by atoms with Crippen molar-refractivity contribution < 1.29 is 14.1 Å². The van der Waals surface area contributed by atoms with Gasteiger partial charge in [0.1, 0.15) is 23.7 Å². The Morgan fingerprint density at radius 3 is 2.73 bits per heavy atom. The van der Waals surface area contributed by atoms with E-state index in [0.717, 1.165) is 4.88 Å². The van der Waals surface area contributed by atoms with Crippen molar-refractivity contribution in [2.75, 3.05) is 0 Å². The summed E-state index contributed by atoms with van der Waals surface area (Å²) in [5, 5.41) is 17.3. The van der Waals surface area contributed by atoms with E-state index in [1.54, 1.807) is 42.4 Å². The summed E-state index contributed by atoms with van der Waals surface area (Å²) in [7, 11) is 0. The summed E-state index contributed by atoms with van der Waals surface area (Å²) in [6.45, 7) is 3.87. The number of nitrogens with zero attached hydrogens (tertiary/aromatic N) is 4.